The van der Waals surface area contributed by atoms with E-state index < -0.39 is 6.09 Å². The SMILES string of the molecule is CN1C2CCCC1CC(OC(=O)Nc1nc3ccccc3[nH]1)C2. The number of rotatable bonds is 2. The smallest absolute Gasteiger partial charge is 0.414 e. The molecule has 6 nitrogen and oxygen atoms in total. The van der Waals surface area contributed by atoms with E-state index in [1.54, 1.807) is 0 Å². The highest BCUT2D eigenvalue weighted by molar-refractivity contribution is 5.86. The van der Waals surface area contributed by atoms with Gasteiger partial charge in [-0.05, 0) is 32.0 Å². The minimum atomic E-state index is -0.420. The standard InChI is InChI=1S/C17H22N4O2/c1-21-11-5-4-6-12(21)10-13(9-11)23-17(22)20-16-18-14-7-2-3-8-15(14)19-16/h2-3,7-8,11-13H,4-6,9-10H2,1H3,(H2,18,19,20,22). The van der Waals surface area contributed by atoms with Crippen LogP contribution in [0.15, 0.2) is 24.3 Å². The molecule has 2 aliphatic heterocycles. The Morgan fingerprint density at radius 3 is 2.78 bits per heavy atom. The average molecular weight is 314 g/mol. The number of hydrogen-bond acceptors (Lipinski definition) is 4. The number of ether oxygens (including phenoxy) is 1. The van der Waals surface area contributed by atoms with Gasteiger partial charge in [0.05, 0.1) is 11.0 Å². The second kappa shape index (κ2) is 5.85. The molecule has 2 saturated heterocycles. The molecule has 1 amide bonds. The van der Waals surface area contributed by atoms with Crippen molar-refractivity contribution >= 4 is 23.1 Å². The third kappa shape index (κ3) is 2.91. The van der Waals surface area contributed by atoms with Crippen LogP contribution in [-0.4, -0.2) is 46.2 Å². The highest BCUT2D eigenvalue weighted by Gasteiger charge is 2.37. The van der Waals surface area contributed by atoms with Crippen molar-refractivity contribution in [1.82, 2.24) is 14.9 Å². The molecule has 0 aliphatic carbocycles. The van der Waals surface area contributed by atoms with Crippen molar-refractivity contribution in [2.75, 3.05) is 12.4 Å². The first-order valence-electron chi connectivity index (χ1n) is 8.33. The van der Waals surface area contributed by atoms with Gasteiger partial charge in [0, 0.05) is 24.9 Å². The molecular formula is C17H22N4O2. The largest absolute Gasteiger partial charge is 0.446 e. The van der Waals surface area contributed by atoms with Gasteiger partial charge in [-0.15, -0.1) is 0 Å². The summed E-state index contributed by atoms with van der Waals surface area (Å²) in [6.07, 6.45) is 5.15. The van der Waals surface area contributed by atoms with E-state index >= 15 is 0 Å². The van der Waals surface area contributed by atoms with Crippen molar-refractivity contribution in [2.45, 2.75) is 50.3 Å². The molecule has 1 aromatic carbocycles. The highest BCUT2D eigenvalue weighted by Crippen LogP contribution is 2.34. The van der Waals surface area contributed by atoms with E-state index in [2.05, 4.69) is 27.2 Å². The molecule has 23 heavy (non-hydrogen) atoms. The van der Waals surface area contributed by atoms with Crippen LogP contribution in [0.4, 0.5) is 10.7 Å². The normalized spacial score (nSPS) is 27.8. The van der Waals surface area contributed by atoms with Gasteiger partial charge in [0.2, 0.25) is 5.95 Å². The number of piperidine rings is 2. The number of para-hydroxylation sites is 2. The van der Waals surface area contributed by atoms with Gasteiger partial charge in [-0.2, -0.15) is 0 Å². The number of fused-ring (bicyclic) bond motifs is 3. The fraction of sp³-hybridized carbons (Fsp3) is 0.529. The highest BCUT2D eigenvalue weighted by atomic mass is 16.6. The van der Waals surface area contributed by atoms with Gasteiger partial charge in [0.15, 0.2) is 0 Å². The van der Waals surface area contributed by atoms with Crippen LogP contribution < -0.4 is 5.32 Å². The quantitative estimate of drug-likeness (QED) is 0.893. The maximum Gasteiger partial charge on any atom is 0.414 e. The van der Waals surface area contributed by atoms with Gasteiger partial charge in [0.25, 0.3) is 0 Å². The zero-order chi connectivity index (χ0) is 15.8. The van der Waals surface area contributed by atoms with Gasteiger partial charge in [-0.1, -0.05) is 18.6 Å². The number of hydrogen-bond donors (Lipinski definition) is 2. The fourth-order valence-corrected chi connectivity index (χ4v) is 3.95. The second-order valence-electron chi connectivity index (χ2n) is 6.63. The minimum Gasteiger partial charge on any atom is -0.446 e. The van der Waals surface area contributed by atoms with Crippen molar-refractivity contribution in [2.24, 2.45) is 0 Å². The lowest BCUT2D eigenvalue weighted by Gasteiger charge is -2.46. The number of carbonyl (C=O) groups excluding carboxylic acids is 1. The first-order valence-corrected chi connectivity index (χ1v) is 8.33. The summed E-state index contributed by atoms with van der Waals surface area (Å²) < 4.78 is 5.64. The number of nitrogens with one attached hydrogen (secondary N) is 2. The molecule has 6 heteroatoms. The third-order valence-corrected chi connectivity index (χ3v) is 5.18. The van der Waals surface area contributed by atoms with E-state index in [-0.39, 0.29) is 6.10 Å². The van der Waals surface area contributed by atoms with E-state index in [0.717, 1.165) is 23.9 Å². The Labute approximate surface area is 135 Å². The average Bonchev–Trinajstić information content (AvgIpc) is 2.90. The number of imidazole rings is 1. The minimum absolute atomic E-state index is 0.00544. The summed E-state index contributed by atoms with van der Waals surface area (Å²) in [4.78, 5) is 22.0. The Kier molecular flexibility index (Phi) is 3.69. The van der Waals surface area contributed by atoms with E-state index in [1.165, 1.54) is 19.3 Å². The topological polar surface area (TPSA) is 70.2 Å². The number of H-pyrrole nitrogens is 1. The molecule has 4 rings (SSSR count). The predicted molar refractivity (Wildman–Crippen MR) is 88.4 cm³/mol. The van der Waals surface area contributed by atoms with Gasteiger partial charge in [0.1, 0.15) is 6.10 Å². The van der Waals surface area contributed by atoms with Crippen molar-refractivity contribution < 1.29 is 9.53 Å². The molecule has 2 unspecified atom stereocenters. The molecule has 3 heterocycles. The Morgan fingerprint density at radius 2 is 2.04 bits per heavy atom. The Balaban J connectivity index is 1.38. The van der Waals surface area contributed by atoms with Crippen LogP contribution in [0.2, 0.25) is 0 Å². The van der Waals surface area contributed by atoms with Crippen molar-refractivity contribution in [3.8, 4) is 0 Å². The summed E-state index contributed by atoms with van der Waals surface area (Å²) in [6, 6.07) is 8.78. The first kappa shape index (κ1) is 14.5. The zero-order valence-electron chi connectivity index (χ0n) is 13.3. The molecule has 122 valence electrons. The van der Waals surface area contributed by atoms with Crippen LogP contribution in [0.5, 0.6) is 0 Å². The lowest BCUT2D eigenvalue weighted by atomic mass is 9.83. The van der Waals surface area contributed by atoms with E-state index in [9.17, 15) is 4.79 Å². The Bertz CT molecular complexity index is 666. The van der Waals surface area contributed by atoms with Crippen LogP contribution in [0.3, 0.4) is 0 Å². The number of aromatic amines is 1. The van der Waals surface area contributed by atoms with E-state index in [4.69, 9.17) is 4.74 Å². The van der Waals surface area contributed by atoms with Crippen molar-refractivity contribution in [1.29, 1.82) is 0 Å². The predicted octanol–water partition coefficient (Wildman–Crippen LogP) is 3.13. The van der Waals surface area contributed by atoms with Crippen molar-refractivity contribution in [3.05, 3.63) is 24.3 Å². The van der Waals surface area contributed by atoms with E-state index in [0.29, 0.717) is 18.0 Å². The Hall–Kier alpha value is -2.08. The molecule has 2 aromatic rings. The molecule has 2 bridgehead atoms. The summed E-state index contributed by atoms with van der Waals surface area (Å²) in [5, 5.41) is 2.71. The van der Waals surface area contributed by atoms with Gasteiger partial charge < -0.3 is 14.6 Å². The second-order valence-corrected chi connectivity index (χ2v) is 6.63. The number of benzene rings is 1. The third-order valence-electron chi connectivity index (χ3n) is 5.18. The number of carbonyl (C=O) groups is 1. The van der Waals surface area contributed by atoms with Crippen LogP contribution >= 0.6 is 0 Å². The molecule has 1 aromatic heterocycles. The fourth-order valence-electron chi connectivity index (χ4n) is 3.95. The van der Waals surface area contributed by atoms with Crippen LogP contribution in [0, 0.1) is 0 Å². The lowest BCUT2D eigenvalue weighted by Crippen LogP contribution is -2.52. The monoisotopic (exact) mass is 314 g/mol. The Morgan fingerprint density at radius 1 is 1.30 bits per heavy atom. The lowest BCUT2D eigenvalue weighted by molar-refractivity contribution is -0.0161. The number of anilines is 1. The summed E-state index contributed by atoms with van der Waals surface area (Å²) >= 11 is 0. The van der Waals surface area contributed by atoms with Gasteiger partial charge in [-0.3, -0.25) is 5.32 Å². The molecule has 2 fully saturated rings. The van der Waals surface area contributed by atoms with Crippen LogP contribution in [-0.2, 0) is 4.74 Å². The first-order chi connectivity index (χ1) is 11.2. The van der Waals surface area contributed by atoms with Crippen LogP contribution in [0.25, 0.3) is 11.0 Å². The number of aromatic nitrogens is 2. The molecule has 0 saturated carbocycles. The van der Waals surface area contributed by atoms with Crippen LogP contribution in [0.1, 0.15) is 32.1 Å². The summed E-state index contributed by atoms with van der Waals surface area (Å²) in [7, 11) is 2.19. The number of amides is 1. The number of nitrogens with zero attached hydrogens (tertiary/aromatic N) is 2. The molecule has 0 spiro atoms. The molecule has 2 aliphatic rings. The maximum atomic E-state index is 12.2. The molecule has 0 radical (unpaired) electrons. The summed E-state index contributed by atoms with van der Waals surface area (Å²) in [6.45, 7) is 0. The van der Waals surface area contributed by atoms with Gasteiger partial charge >= 0.3 is 6.09 Å². The summed E-state index contributed by atoms with van der Waals surface area (Å²) in [5.74, 6) is 0.435. The van der Waals surface area contributed by atoms with E-state index in [1.807, 2.05) is 24.3 Å². The molecule has 2 atom stereocenters. The zero-order valence-corrected chi connectivity index (χ0v) is 13.3. The van der Waals surface area contributed by atoms with Crippen molar-refractivity contribution in [3.63, 3.8) is 0 Å². The van der Waals surface area contributed by atoms with Gasteiger partial charge in [-0.25, -0.2) is 9.78 Å². The molecule has 2 N–H and O–H groups in total. The maximum absolute atomic E-state index is 12.2. The summed E-state index contributed by atoms with van der Waals surface area (Å²) in [5.41, 5.74) is 1.73. The molecular weight excluding hydrogens is 292 g/mol.